The highest BCUT2D eigenvalue weighted by molar-refractivity contribution is 5.68. The van der Waals surface area contributed by atoms with E-state index in [1.54, 1.807) is 12.1 Å². The zero-order valence-electron chi connectivity index (χ0n) is 20.8. The number of hydrogen-bond donors (Lipinski definition) is 1. The first-order valence-electron chi connectivity index (χ1n) is 12.3. The fraction of sp³-hybridized carbons (Fsp3) is 0.464. The van der Waals surface area contributed by atoms with Crippen LogP contribution in [0.15, 0.2) is 40.9 Å². The van der Waals surface area contributed by atoms with Gasteiger partial charge < -0.3 is 14.4 Å². The maximum atomic E-state index is 9.86. The van der Waals surface area contributed by atoms with Crippen molar-refractivity contribution in [1.29, 1.82) is 5.26 Å². The number of nitriles is 1. The van der Waals surface area contributed by atoms with Crippen LogP contribution >= 0.6 is 0 Å². The lowest BCUT2D eigenvalue weighted by atomic mass is 9.80. The number of benzene rings is 2. The molecule has 7 nitrogen and oxygen atoms in total. The Bertz CT molecular complexity index is 1290. The van der Waals surface area contributed by atoms with Gasteiger partial charge >= 0.3 is 0 Å². The molecule has 182 valence electrons. The summed E-state index contributed by atoms with van der Waals surface area (Å²) in [5.74, 6) is 1.50. The van der Waals surface area contributed by atoms with Gasteiger partial charge in [-0.1, -0.05) is 23.4 Å². The molecular formula is C28H32N4O3. The summed E-state index contributed by atoms with van der Waals surface area (Å²) in [6.45, 7) is 10.2. The highest BCUT2D eigenvalue weighted by Gasteiger charge is 2.47. The second-order valence-corrected chi connectivity index (χ2v) is 10.7. The molecule has 0 unspecified atom stereocenters. The highest BCUT2D eigenvalue weighted by Crippen LogP contribution is 2.49. The molecule has 1 aliphatic carbocycles. The first kappa shape index (κ1) is 23.5. The molecule has 7 heteroatoms. The van der Waals surface area contributed by atoms with Crippen LogP contribution in [0.1, 0.15) is 57.2 Å². The van der Waals surface area contributed by atoms with Crippen LogP contribution in [0.4, 0.5) is 0 Å². The minimum absolute atomic E-state index is 0.0203. The van der Waals surface area contributed by atoms with Crippen LogP contribution in [-0.4, -0.2) is 51.5 Å². The monoisotopic (exact) mass is 472 g/mol. The van der Waals surface area contributed by atoms with E-state index in [1.165, 1.54) is 11.1 Å². The van der Waals surface area contributed by atoms with Crippen molar-refractivity contribution in [2.45, 2.75) is 64.0 Å². The average molecular weight is 473 g/mol. The van der Waals surface area contributed by atoms with Crippen molar-refractivity contribution in [2.24, 2.45) is 0 Å². The minimum Gasteiger partial charge on any atom is -0.490 e. The Hall–Kier alpha value is -3.21. The van der Waals surface area contributed by atoms with Crippen molar-refractivity contribution in [1.82, 2.24) is 15.0 Å². The van der Waals surface area contributed by atoms with E-state index in [4.69, 9.17) is 14.2 Å². The van der Waals surface area contributed by atoms with Crippen molar-refractivity contribution >= 4 is 0 Å². The number of aliphatic hydroxyl groups excluding tert-OH is 1. The van der Waals surface area contributed by atoms with Crippen LogP contribution in [0.5, 0.6) is 5.75 Å². The summed E-state index contributed by atoms with van der Waals surface area (Å²) >= 11 is 0. The number of nitrogens with zero attached hydrogens (tertiary/aromatic N) is 4. The van der Waals surface area contributed by atoms with Crippen molar-refractivity contribution in [3.63, 3.8) is 0 Å². The molecule has 2 aliphatic rings. The van der Waals surface area contributed by atoms with Gasteiger partial charge in [-0.15, -0.1) is 0 Å². The molecular weight excluding hydrogens is 440 g/mol. The highest BCUT2D eigenvalue weighted by atomic mass is 16.5. The third-order valence-corrected chi connectivity index (χ3v) is 7.57. The first-order chi connectivity index (χ1) is 16.8. The molecule has 1 aromatic heterocycles. The van der Waals surface area contributed by atoms with Crippen LogP contribution in [0, 0.1) is 11.3 Å². The summed E-state index contributed by atoms with van der Waals surface area (Å²) in [7, 11) is 0. The number of rotatable bonds is 6. The summed E-state index contributed by atoms with van der Waals surface area (Å²) in [6.07, 6.45) is 3.13. The molecule has 1 atom stereocenters. The van der Waals surface area contributed by atoms with E-state index in [0.29, 0.717) is 28.6 Å². The quantitative estimate of drug-likeness (QED) is 0.554. The largest absolute Gasteiger partial charge is 0.490 e. The van der Waals surface area contributed by atoms with Gasteiger partial charge in [0.15, 0.2) is 0 Å². The second kappa shape index (κ2) is 8.78. The Morgan fingerprint density at radius 3 is 2.83 bits per heavy atom. The van der Waals surface area contributed by atoms with E-state index < -0.39 is 0 Å². The average Bonchev–Trinajstić information content (AvgIpc) is 3.59. The van der Waals surface area contributed by atoms with E-state index in [2.05, 4.69) is 48.2 Å². The van der Waals surface area contributed by atoms with Gasteiger partial charge in [0.25, 0.3) is 5.89 Å². The van der Waals surface area contributed by atoms with Crippen molar-refractivity contribution in [2.75, 3.05) is 19.7 Å². The van der Waals surface area contributed by atoms with Gasteiger partial charge in [-0.3, -0.25) is 4.90 Å². The van der Waals surface area contributed by atoms with Gasteiger partial charge in [-0.2, -0.15) is 10.2 Å². The maximum Gasteiger partial charge on any atom is 0.258 e. The maximum absolute atomic E-state index is 9.86. The van der Waals surface area contributed by atoms with Crippen molar-refractivity contribution in [3.05, 3.63) is 53.1 Å². The third kappa shape index (κ3) is 4.11. The SMILES string of the molecule is CC(C)Oc1ccc(-c2nc(-c3cccc4c3CC[C@]43CCN(C(C)(C)CO)C3)no2)cc1C#N. The van der Waals surface area contributed by atoms with Crippen LogP contribution in [0.25, 0.3) is 22.8 Å². The first-order valence-corrected chi connectivity index (χ1v) is 12.3. The molecule has 1 N–H and O–H groups in total. The standard InChI is InChI=1S/C28H32N4O3/c1-18(2)34-24-9-8-19(14-20(24)15-29)26-30-25(31-35-26)22-6-5-7-23-21(22)10-11-28(23)12-13-32(16-28)27(3,4)17-33/h5-9,14,18,33H,10-13,16-17H2,1-4H3/t28-/m1/s1. The molecule has 2 aromatic carbocycles. The van der Waals surface area contributed by atoms with Gasteiger partial charge in [-0.05, 0) is 82.8 Å². The second-order valence-electron chi connectivity index (χ2n) is 10.7. The van der Waals surface area contributed by atoms with Gasteiger partial charge in [0.05, 0.1) is 18.3 Å². The molecule has 0 bridgehead atoms. The molecule has 1 saturated heterocycles. The molecule has 3 aromatic rings. The predicted molar refractivity (Wildman–Crippen MR) is 133 cm³/mol. The lowest BCUT2D eigenvalue weighted by Gasteiger charge is -2.35. The zero-order valence-corrected chi connectivity index (χ0v) is 20.8. The Morgan fingerprint density at radius 1 is 1.26 bits per heavy atom. The van der Waals surface area contributed by atoms with Crippen molar-refractivity contribution < 1.29 is 14.4 Å². The summed E-state index contributed by atoms with van der Waals surface area (Å²) in [5, 5.41) is 23.7. The summed E-state index contributed by atoms with van der Waals surface area (Å²) < 4.78 is 11.4. The lowest BCUT2D eigenvalue weighted by Crippen LogP contribution is -2.46. The van der Waals surface area contributed by atoms with E-state index in [0.717, 1.165) is 37.9 Å². The van der Waals surface area contributed by atoms with E-state index >= 15 is 0 Å². The molecule has 5 rings (SSSR count). The van der Waals surface area contributed by atoms with Gasteiger partial charge in [-0.25, -0.2) is 0 Å². The summed E-state index contributed by atoms with van der Waals surface area (Å²) in [5.41, 5.74) is 4.70. The zero-order chi connectivity index (χ0) is 24.8. The topological polar surface area (TPSA) is 95.4 Å². The molecule has 0 saturated carbocycles. The normalized spacial score (nSPS) is 19.9. The lowest BCUT2D eigenvalue weighted by molar-refractivity contribution is 0.0723. The molecule has 1 spiro atoms. The molecule has 0 radical (unpaired) electrons. The Morgan fingerprint density at radius 2 is 2.09 bits per heavy atom. The predicted octanol–water partition coefficient (Wildman–Crippen LogP) is 4.72. The van der Waals surface area contributed by atoms with E-state index in [-0.39, 0.29) is 23.7 Å². The van der Waals surface area contributed by atoms with Crippen LogP contribution in [0.3, 0.4) is 0 Å². The Balaban J connectivity index is 1.45. The minimum atomic E-state index is -0.218. The number of likely N-dealkylation sites (tertiary alicyclic amines) is 1. The van der Waals surface area contributed by atoms with Crippen molar-refractivity contribution in [3.8, 4) is 34.7 Å². The molecule has 2 heterocycles. The Kier molecular flexibility index (Phi) is 5.90. The smallest absolute Gasteiger partial charge is 0.258 e. The number of aliphatic hydroxyl groups is 1. The summed E-state index contributed by atoms with van der Waals surface area (Å²) in [6, 6.07) is 13.9. The van der Waals surface area contributed by atoms with Crippen LogP contribution in [0.2, 0.25) is 0 Å². The van der Waals surface area contributed by atoms with Crippen LogP contribution in [-0.2, 0) is 11.8 Å². The number of fused-ring (bicyclic) bond motifs is 2. The molecule has 0 amide bonds. The van der Waals surface area contributed by atoms with E-state index in [1.807, 2.05) is 19.9 Å². The number of hydrogen-bond acceptors (Lipinski definition) is 7. The Labute approximate surface area is 206 Å². The third-order valence-electron chi connectivity index (χ3n) is 7.57. The van der Waals surface area contributed by atoms with Gasteiger partial charge in [0.2, 0.25) is 5.82 Å². The van der Waals surface area contributed by atoms with Crippen LogP contribution < -0.4 is 4.74 Å². The van der Waals surface area contributed by atoms with E-state index in [9.17, 15) is 10.4 Å². The summed E-state index contributed by atoms with van der Waals surface area (Å²) in [4.78, 5) is 7.12. The van der Waals surface area contributed by atoms with Gasteiger partial charge in [0, 0.05) is 28.6 Å². The van der Waals surface area contributed by atoms with Gasteiger partial charge in [0.1, 0.15) is 11.8 Å². The fourth-order valence-corrected chi connectivity index (χ4v) is 5.53. The number of ether oxygens (including phenoxy) is 1. The molecule has 1 fully saturated rings. The molecule has 35 heavy (non-hydrogen) atoms. The fourth-order valence-electron chi connectivity index (χ4n) is 5.53. The molecule has 1 aliphatic heterocycles. The number of aromatic nitrogens is 2.